The Morgan fingerprint density at radius 3 is 1.32 bits per heavy atom. The van der Waals surface area contributed by atoms with Crippen molar-refractivity contribution in [3.8, 4) is 0 Å². The van der Waals surface area contributed by atoms with E-state index in [9.17, 15) is 4.79 Å². The molecule has 22 heavy (non-hydrogen) atoms. The summed E-state index contributed by atoms with van der Waals surface area (Å²) in [6.07, 6.45) is 0. The number of carbonyl (C=O) groups excluding carboxylic acids is 1. The molecule has 0 aromatic heterocycles. The van der Waals surface area contributed by atoms with Crippen molar-refractivity contribution in [1.82, 2.24) is 0 Å². The molecule has 110 valence electrons. The molecule has 3 aromatic rings. The number of benzene rings is 3. The summed E-state index contributed by atoms with van der Waals surface area (Å²) in [5.74, 6) is 5.18. The van der Waals surface area contributed by atoms with Gasteiger partial charge in [0.15, 0.2) is 5.78 Å². The van der Waals surface area contributed by atoms with Crippen LogP contribution in [0.2, 0.25) is 0 Å². The maximum Gasteiger partial charge on any atom is 0.193 e. The Bertz CT molecular complexity index is 641. The number of carbonyl (C=O) groups is 1. The van der Waals surface area contributed by atoms with Gasteiger partial charge in [-0.05, 0) is 12.1 Å². The van der Waals surface area contributed by atoms with Gasteiger partial charge in [-0.1, -0.05) is 78.9 Å². The van der Waals surface area contributed by atoms with Crippen molar-refractivity contribution in [2.24, 2.45) is 5.84 Å². The second-order valence-corrected chi connectivity index (χ2v) is 4.57. The average Bonchev–Trinajstić information content (AvgIpc) is 2.64. The summed E-state index contributed by atoms with van der Waals surface area (Å²) in [6.45, 7) is 0. The van der Waals surface area contributed by atoms with E-state index < -0.39 is 0 Å². The van der Waals surface area contributed by atoms with Gasteiger partial charge < -0.3 is 5.43 Å². The number of hydrogen-bond donors (Lipinski definition) is 2. The molecule has 3 rings (SSSR count). The molecule has 0 saturated heterocycles. The van der Waals surface area contributed by atoms with E-state index in [2.05, 4.69) is 5.43 Å². The van der Waals surface area contributed by atoms with Crippen molar-refractivity contribution in [2.75, 3.05) is 5.43 Å². The quantitative estimate of drug-likeness (QED) is 0.437. The lowest BCUT2D eigenvalue weighted by Gasteiger charge is -1.99. The standard InChI is InChI=1S/C13H10O.C6H8N2/c14-13(11-7-3-1-4-8-11)12-9-5-2-6-10-12;7-8-6-4-2-1-3-5-6/h1-10H;1-5,8H,7H2. The van der Waals surface area contributed by atoms with Gasteiger partial charge in [0.1, 0.15) is 0 Å². The van der Waals surface area contributed by atoms with Crippen LogP contribution in [-0.2, 0) is 0 Å². The molecule has 0 aliphatic carbocycles. The largest absolute Gasteiger partial charge is 0.324 e. The first kappa shape index (κ1) is 15.5. The minimum atomic E-state index is 0.0752. The van der Waals surface area contributed by atoms with Crippen LogP contribution in [0.5, 0.6) is 0 Å². The van der Waals surface area contributed by atoms with Crippen LogP contribution in [0.25, 0.3) is 0 Å². The maximum atomic E-state index is 11.8. The predicted octanol–water partition coefficient (Wildman–Crippen LogP) is 3.89. The number of hydrazine groups is 1. The van der Waals surface area contributed by atoms with E-state index in [1.54, 1.807) is 0 Å². The van der Waals surface area contributed by atoms with E-state index in [0.717, 1.165) is 16.8 Å². The first-order valence-electron chi connectivity index (χ1n) is 6.97. The topological polar surface area (TPSA) is 55.1 Å². The van der Waals surface area contributed by atoms with Crippen LogP contribution in [-0.4, -0.2) is 5.78 Å². The van der Waals surface area contributed by atoms with Crippen LogP contribution in [0.3, 0.4) is 0 Å². The Balaban J connectivity index is 0.000000188. The summed E-state index contributed by atoms with van der Waals surface area (Å²) in [5.41, 5.74) is 4.93. The van der Waals surface area contributed by atoms with Gasteiger partial charge in [-0.25, -0.2) is 0 Å². The first-order chi connectivity index (χ1) is 10.8. The lowest BCUT2D eigenvalue weighted by molar-refractivity contribution is 0.103. The zero-order chi connectivity index (χ0) is 15.6. The van der Waals surface area contributed by atoms with Crippen molar-refractivity contribution in [2.45, 2.75) is 0 Å². The highest BCUT2D eigenvalue weighted by molar-refractivity contribution is 6.08. The third kappa shape index (κ3) is 4.58. The van der Waals surface area contributed by atoms with E-state index in [-0.39, 0.29) is 5.78 Å². The minimum absolute atomic E-state index is 0.0752. The van der Waals surface area contributed by atoms with Gasteiger partial charge in [0.2, 0.25) is 0 Å². The molecule has 0 amide bonds. The van der Waals surface area contributed by atoms with E-state index in [0.29, 0.717) is 0 Å². The summed E-state index contributed by atoms with van der Waals surface area (Å²) in [7, 11) is 0. The monoisotopic (exact) mass is 290 g/mol. The normalized spacial score (nSPS) is 9.32. The Morgan fingerprint density at radius 1 is 0.636 bits per heavy atom. The highest BCUT2D eigenvalue weighted by Gasteiger charge is 2.06. The van der Waals surface area contributed by atoms with Gasteiger partial charge in [-0.3, -0.25) is 10.6 Å². The van der Waals surface area contributed by atoms with Gasteiger partial charge in [0.05, 0.1) is 0 Å². The van der Waals surface area contributed by atoms with E-state index in [4.69, 9.17) is 5.84 Å². The average molecular weight is 290 g/mol. The summed E-state index contributed by atoms with van der Waals surface area (Å²) in [4.78, 5) is 11.8. The first-order valence-corrected chi connectivity index (χ1v) is 6.97. The zero-order valence-electron chi connectivity index (χ0n) is 12.1. The molecular weight excluding hydrogens is 272 g/mol. The van der Waals surface area contributed by atoms with Gasteiger partial charge >= 0.3 is 0 Å². The Morgan fingerprint density at radius 2 is 1.00 bits per heavy atom. The number of rotatable bonds is 3. The fourth-order valence-corrected chi connectivity index (χ4v) is 1.88. The molecule has 3 aromatic carbocycles. The molecule has 0 radical (unpaired) electrons. The SMILES string of the molecule is NNc1ccccc1.O=C(c1ccccc1)c1ccccc1. The molecule has 3 N–H and O–H groups in total. The van der Waals surface area contributed by atoms with Gasteiger partial charge in [0, 0.05) is 16.8 Å². The van der Waals surface area contributed by atoms with Gasteiger partial charge in [-0.15, -0.1) is 0 Å². The molecule has 0 heterocycles. The second-order valence-electron chi connectivity index (χ2n) is 4.57. The fourth-order valence-electron chi connectivity index (χ4n) is 1.88. The summed E-state index contributed by atoms with van der Waals surface area (Å²) >= 11 is 0. The highest BCUT2D eigenvalue weighted by atomic mass is 16.1. The second kappa shape index (κ2) is 8.39. The van der Waals surface area contributed by atoms with Gasteiger partial charge in [0.25, 0.3) is 0 Å². The highest BCUT2D eigenvalue weighted by Crippen LogP contribution is 2.08. The number of anilines is 1. The number of ketones is 1. The van der Waals surface area contributed by atoms with E-state index >= 15 is 0 Å². The molecule has 0 unspecified atom stereocenters. The van der Waals surface area contributed by atoms with Crippen LogP contribution in [0, 0.1) is 0 Å². The Kier molecular flexibility index (Phi) is 5.91. The van der Waals surface area contributed by atoms with Gasteiger partial charge in [-0.2, -0.15) is 0 Å². The summed E-state index contributed by atoms with van der Waals surface area (Å²) in [5, 5.41) is 0. The van der Waals surface area contributed by atoms with Crippen molar-refractivity contribution in [3.63, 3.8) is 0 Å². The minimum Gasteiger partial charge on any atom is -0.324 e. The van der Waals surface area contributed by atoms with Crippen LogP contribution in [0.1, 0.15) is 15.9 Å². The Labute approximate surface area is 130 Å². The molecule has 3 nitrogen and oxygen atoms in total. The summed E-state index contributed by atoms with van der Waals surface area (Å²) < 4.78 is 0. The zero-order valence-corrected chi connectivity index (χ0v) is 12.1. The van der Waals surface area contributed by atoms with Crippen LogP contribution in [0.15, 0.2) is 91.0 Å². The molecule has 0 saturated carbocycles. The van der Waals surface area contributed by atoms with Crippen molar-refractivity contribution in [1.29, 1.82) is 0 Å². The van der Waals surface area contributed by atoms with Crippen LogP contribution < -0.4 is 11.3 Å². The third-order valence-electron chi connectivity index (χ3n) is 3.01. The van der Waals surface area contributed by atoms with Crippen molar-refractivity contribution in [3.05, 3.63) is 102 Å². The number of nitrogens with one attached hydrogen (secondary N) is 1. The van der Waals surface area contributed by atoms with E-state index in [1.165, 1.54) is 0 Å². The number of nitrogen functional groups attached to an aromatic ring is 1. The molecule has 0 spiro atoms. The van der Waals surface area contributed by atoms with Crippen molar-refractivity contribution < 1.29 is 4.79 Å². The molecule has 0 aliphatic rings. The van der Waals surface area contributed by atoms with E-state index in [1.807, 2.05) is 91.0 Å². The molecule has 0 aliphatic heterocycles. The van der Waals surface area contributed by atoms with Crippen molar-refractivity contribution >= 4 is 11.5 Å². The Hall–Kier alpha value is -2.91. The fraction of sp³-hybridized carbons (Fsp3) is 0. The lowest BCUT2D eigenvalue weighted by Crippen LogP contribution is -2.05. The maximum absolute atomic E-state index is 11.8. The number of para-hydroxylation sites is 1. The molecule has 0 bridgehead atoms. The third-order valence-corrected chi connectivity index (χ3v) is 3.01. The molecule has 3 heteroatoms. The van der Waals surface area contributed by atoms with Crippen LogP contribution >= 0.6 is 0 Å². The molecule has 0 atom stereocenters. The molecular formula is C19H18N2O. The summed E-state index contributed by atoms with van der Waals surface area (Å²) in [6, 6.07) is 28.2. The number of hydrogen-bond acceptors (Lipinski definition) is 3. The smallest absolute Gasteiger partial charge is 0.193 e. The predicted molar refractivity (Wildman–Crippen MR) is 90.6 cm³/mol. The van der Waals surface area contributed by atoms with Crippen LogP contribution in [0.4, 0.5) is 5.69 Å². The number of nitrogens with two attached hydrogens (primary N) is 1. The lowest BCUT2D eigenvalue weighted by atomic mass is 10.0. The molecule has 0 fully saturated rings.